The van der Waals surface area contributed by atoms with Crippen LogP contribution in [0.2, 0.25) is 0 Å². The van der Waals surface area contributed by atoms with Crippen molar-refractivity contribution in [3.63, 3.8) is 0 Å². The highest BCUT2D eigenvalue weighted by Crippen LogP contribution is 2.19. The number of methoxy groups -OCH3 is 1. The van der Waals surface area contributed by atoms with Crippen LogP contribution < -0.4 is 14.9 Å². The van der Waals surface area contributed by atoms with Gasteiger partial charge in [-0.15, -0.1) is 0 Å². The number of benzene rings is 2. The Bertz CT molecular complexity index is 724. The van der Waals surface area contributed by atoms with Crippen molar-refractivity contribution in [2.45, 2.75) is 26.7 Å². The highest BCUT2D eigenvalue weighted by atomic mass is 16.5. The summed E-state index contributed by atoms with van der Waals surface area (Å²) in [6.45, 7) is 4.79. The predicted octanol–water partition coefficient (Wildman–Crippen LogP) is 3.95. The summed E-state index contributed by atoms with van der Waals surface area (Å²) in [6, 6.07) is 13.0. The van der Waals surface area contributed by atoms with E-state index in [1.165, 1.54) is 0 Å². The summed E-state index contributed by atoms with van der Waals surface area (Å²) in [5, 5.41) is 4.00. The van der Waals surface area contributed by atoms with E-state index < -0.39 is 0 Å². The molecule has 25 heavy (non-hydrogen) atoms. The van der Waals surface area contributed by atoms with Crippen LogP contribution >= 0.6 is 0 Å². The lowest BCUT2D eigenvalue weighted by atomic mass is 10.1. The molecule has 0 spiro atoms. The lowest BCUT2D eigenvalue weighted by molar-refractivity contribution is 0.0952. The molecule has 0 unspecified atom stereocenters. The van der Waals surface area contributed by atoms with Crippen LogP contribution in [0.5, 0.6) is 11.5 Å². The van der Waals surface area contributed by atoms with E-state index in [9.17, 15) is 4.79 Å². The second kappa shape index (κ2) is 9.47. The Kier molecular flexibility index (Phi) is 7.01. The molecule has 132 valence electrons. The summed E-state index contributed by atoms with van der Waals surface area (Å²) in [5.74, 6) is 1.05. The van der Waals surface area contributed by atoms with Gasteiger partial charge >= 0.3 is 0 Å². The van der Waals surface area contributed by atoms with Gasteiger partial charge in [0.25, 0.3) is 5.91 Å². The van der Waals surface area contributed by atoms with Gasteiger partial charge in [0, 0.05) is 0 Å². The Hall–Kier alpha value is -2.82. The molecule has 0 radical (unpaired) electrons. The van der Waals surface area contributed by atoms with Gasteiger partial charge in [-0.25, -0.2) is 5.43 Å². The van der Waals surface area contributed by atoms with Crippen LogP contribution in [0.1, 0.15) is 41.3 Å². The number of aryl methyl sites for hydroxylation is 1. The number of hydrazone groups is 1. The maximum Gasteiger partial charge on any atom is 0.275 e. The first-order valence-corrected chi connectivity index (χ1v) is 8.35. The largest absolute Gasteiger partial charge is 0.496 e. The number of rotatable bonds is 8. The SMILES string of the molecule is CCCCOc1ccc(/C=N\NC(=O)c2ccc(C)cc2OC)cc1. The zero-order valence-electron chi connectivity index (χ0n) is 14.9. The highest BCUT2D eigenvalue weighted by Gasteiger charge is 2.11. The van der Waals surface area contributed by atoms with Crippen LogP contribution in [0, 0.1) is 6.92 Å². The topological polar surface area (TPSA) is 59.9 Å². The number of nitrogens with one attached hydrogen (secondary N) is 1. The summed E-state index contributed by atoms with van der Waals surface area (Å²) in [5.41, 5.74) is 4.87. The zero-order valence-corrected chi connectivity index (χ0v) is 14.9. The molecule has 0 bridgehead atoms. The summed E-state index contributed by atoms with van der Waals surface area (Å²) < 4.78 is 10.8. The van der Waals surface area contributed by atoms with Gasteiger partial charge in [0.1, 0.15) is 11.5 Å². The van der Waals surface area contributed by atoms with Crippen molar-refractivity contribution in [3.05, 3.63) is 59.2 Å². The average molecular weight is 340 g/mol. The first kappa shape index (κ1) is 18.5. The third kappa shape index (κ3) is 5.64. The molecular weight excluding hydrogens is 316 g/mol. The van der Waals surface area contributed by atoms with Crippen LogP contribution in [0.15, 0.2) is 47.6 Å². The van der Waals surface area contributed by atoms with E-state index in [2.05, 4.69) is 17.5 Å². The molecule has 0 saturated heterocycles. The maximum atomic E-state index is 12.2. The second-order valence-electron chi connectivity index (χ2n) is 5.67. The minimum Gasteiger partial charge on any atom is -0.496 e. The summed E-state index contributed by atoms with van der Waals surface area (Å²) >= 11 is 0. The fourth-order valence-electron chi connectivity index (χ4n) is 2.20. The molecule has 2 rings (SSSR count). The van der Waals surface area contributed by atoms with Gasteiger partial charge < -0.3 is 9.47 Å². The van der Waals surface area contributed by atoms with Gasteiger partial charge in [0.2, 0.25) is 0 Å². The van der Waals surface area contributed by atoms with Crippen LogP contribution in [-0.2, 0) is 0 Å². The van der Waals surface area contributed by atoms with Crippen molar-refractivity contribution >= 4 is 12.1 Å². The molecule has 5 nitrogen and oxygen atoms in total. The number of unbranched alkanes of at least 4 members (excludes halogenated alkanes) is 1. The van der Waals surface area contributed by atoms with E-state index in [0.717, 1.165) is 36.3 Å². The molecule has 0 fully saturated rings. The molecule has 1 N–H and O–H groups in total. The van der Waals surface area contributed by atoms with E-state index in [1.54, 1.807) is 19.4 Å². The summed E-state index contributed by atoms with van der Waals surface area (Å²) in [7, 11) is 1.54. The summed E-state index contributed by atoms with van der Waals surface area (Å²) in [4.78, 5) is 12.2. The van der Waals surface area contributed by atoms with Gasteiger partial charge in [-0.2, -0.15) is 5.10 Å². The third-order valence-electron chi connectivity index (χ3n) is 3.63. The number of ether oxygens (including phenoxy) is 2. The predicted molar refractivity (Wildman–Crippen MR) is 99.6 cm³/mol. The van der Waals surface area contributed by atoms with Crippen molar-refractivity contribution in [2.24, 2.45) is 5.10 Å². The monoisotopic (exact) mass is 340 g/mol. The first-order chi connectivity index (χ1) is 12.1. The summed E-state index contributed by atoms with van der Waals surface area (Å²) in [6.07, 6.45) is 3.74. The lowest BCUT2D eigenvalue weighted by Crippen LogP contribution is -2.18. The first-order valence-electron chi connectivity index (χ1n) is 8.35. The van der Waals surface area contributed by atoms with Gasteiger partial charge in [0.15, 0.2) is 0 Å². The molecule has 2 aromatic rings. The fourth-order valence-corrected chi connectivity index (χ4v) is 2.20. The van der Waals surface area contributed by atoms with Crippen molar-refractivity contribution < 1.29 is 14.3 Å². The Labute approximate surface area is 148 Å². The van der Waals surface area contributed by atoms with Crippen LogP contribution in [-0.4, -0.2) is 25.8 Å². The molecule has 5 heteroatoms. The van der Waals surface area contributed by atoms with Crippen LogP contribution in [0.3, 0.4) is 0 Å². The molecule has 2 aromatic carbocycles. The fraction of sp³-hybridized carbons (Fsp3) is 0.300. The number of hydrogen-bond acceptors (Lipinski definition) is 4. The number of hydrogen-bond donors (Lipinski definition) is 1. The van der Waals surface area contributed by atoms with Crippen molar-refractivity contribution in [2.75, 3.05) is 13.7 Å². The molecule has 0 aliphatic carbocycles. The molecule has 1 amide bonds. The number of amides is 1. The van der Waals surface area contributed by atoms with E-state index in [-0.39, 0.29) is 5.91 Å². The van der Waals surface area contributed by atoms with Crippen molar-refractivity contribution in [1.29, 1.82) is 0 Å². The smallest absolute Gasteiger partial charge is 0.275 e. The van der Waals surface area contributed by atoms with E-state index in [0.29, 0.717) is 11.3 Å². The molecule has 0 saturated carbocycles. The third-order valence-corrected chi connectivity index (χ3v) is 3.63. The second-order valence-corrected chi connectivity index (χ2v) is 5.67. The van der Waals surface area contributed by atoms with E-state index in [1.807, 2.05) is 43.3 Å². The molecule has 0 aromatic heterocycles. The molecule has 0 aliphatic rings. The molecule has 0 aliphatic heterocycles. The maximum absolute atomic E-state index is 12.2. The number of nitrogens with zero attached hydrogens (tertiary/aromatic N) is 1. The van der Waals surface area contributed by atoms with Crippen molar-refractivity contribution in [3.8, 4) is 11.5 Å². The van der Waals surface area contributed by atoms with E-state index in [4.69, 9.17) is 9.47 Å². The van der Waals surface area contributed by atoms with Gasteiger partial charge in [0.05, 0.1) is 25.5 Å². The minimum absolute atomic E-state index is 0.312. The molecule has 0 heterocycles. The number of carbonyl (C=O) groups excluding carboxylic acids is 1. The Morgan fingerprint density at radius 1 is 1.20 bits per heavy atom. The normalized spacial score (nSPS) is 10.7. The number of carbonyl (C=O) groups is 1. The average Bonchev–Trinajstić information content (AvgIpc) is 2.63. The Balaban J connectivity index is 1.93. The highest BCUT2D eigenvalue weighted by molar-refractivity contribution is 5.97. The Morgan fingerprint density at radius 2 is 1.96 bits per heavy atom. The van der Waals surface area contributed by atoms with E-state index >= 15 is 0 Å². The quantitative estimate of drug-likeness (QED) is 0.450. The molecular formula is C20H24N2O3. The van der Waals surface area contributed by atoms with Gasteiger partial charge in [-0.05, 0) is 60.9 Å². The van der Waals surface area contributed by atoms with Crippen molar-refractivity contribution in [1.82, 2.24) is 5.43 Å². The zero-order chi connectivity index (χ0) is 18.1. The van der Waals surface area contributed by atoms with Crippen LogP contribution in [0.25, 0.3) is 0 Å². The standard InChI is InChI=1S/C20H24N2O3/c1-4-5-12-25-17-9-7-16(8-10-17)14-21-22-20(23)18-11-6-15(2)13-19(18)24-3/h6-11,13-14H,4-5,12H2,1-3H3,(H,22,23)/b21-14-. The minimum atomic E-state index is -0.312. The van der Waals surface area contributed by atoms with Gasteiger partial charge in [-0.1, -0.05) is 19.4 Å². The van der Waals surface area contributed by atoms with Gasteiger partial charge in [-0.3, -0.25) is 4.79 Å². The lowest BCUT2D eigenvalue weighted by Gasteiger charge is -2.07. The van der Waals surface area contributed by atoms with Crippen LogP contribution in [0.4, 0.5) is 0 Å². The Morgan fingerprint density at radius 3 is 2.64 bits per heavy atom. The molecule has 0 atom stereocenters.